The van der Waals surface area contributed by atoms with E-state index in [0.717, 1.165) is 48.8 Å². The quantitative estimate of drug-likeness (QED) is 0.301. The Bertz CT molecular complexity index is 1260. The molecule has 0 atom stereocenters. The number of ether oxygens (including phenoxy) is 1. The van der Waals surface area contributed by atoms with Gasteiger partial charge in [-0.15, -0.1) is 12.3 Å². The van der Waals surface area contributed by atoms with E-state index in [4.69, 9.17) is 6.42 Å². The standard InChI is InChI=1S/C27H19F5O/c1-2-16-3-6-18(7-4-16)20-11-12-22-21(15-20)10-9-19(25(22)30)8-5-17-13-23(28)26(24(29)14-17)33-27(31)32/h1,9-16,18,27H,3-4,6-7H2. The van der Waals surface area contributed by atoms with Crippen molar-refractivity contribution < 1.29 is 26.7 Å². The molecule has 168 valence electrons. The van der Waals surface area contributed by atoms with Crippen LogP contribution in [0.2, 0.25) is 0 Å². The summed E-state index contributed by atoms with van der Waals surface area (Å²) in [6.07, 6.45) is 9.49. The zero-order valence-corrected chi connectivity index (χ0v) is 17.5. The van der Waals surface area contributed by atoms with Gasteiger partial charge in [0, 0.05) is 16.9 Å². The summed E-state index contributed by atoms with van der Waals surface area (Å²) in [6.45, 7) is -3.36. The predicted octanol–water partition coefficient (Wildman–Crippen LogP) is 7.17. The van der Waals surface area contributed by atoms with E-state index in [9.17, 15) is 17.6 Å². The van der Waals surface area contributed by atoms with Crippen LogP contribution in [0.3, 0.4) is 0 Å². The third-order valence-electron chi connectivity index (χ3n) is 5.96. The Kier molecular flexibility index (Phi) is 6.56. The van der Waals surface area contributed by atoms with Gasteiger partial charge in [-0.1, -0.05) is 36.1 Å². The van der Waals surface area contributed by atoms with Crippen LogP contribution in [0.1, 0.15) is 48.3 Å². The van der Waals surface area contributed by atoms with E-state index in [0.29, 0.717) is 17.2 Å². The largest absolute Gasteiger partial charge is 0.429 e. The SMILES string of the molecule is C#CC1CCC(c2ccc3c(F)c(C#Cc4cc(F)c(OC(F)F)c(F)c4)ccc3c2)CC1. The smallest absolute Gasteiger partial charge is 0.387 e. The third kappa shape index (κ3) is 4.96. The maximum absolute atomic E-state index is 15.0. The van der Waals surface area contributed by atoms with Gasteiger partial charge in [0.2, 0.25) is 0 Å². The van der Waals surface area contributed by atoms with Crippen molar-refractivity contribution in [3.8, 4) is 29.9 Å². The molecule has 1 aliphatic carbocycles. The Hall–Kier alpha value is -3.51. The van der Waals surface area contributed by atoms with Gasteiger partial charge in [0.15, 0.2) is 17.4 Å². The fourth-order valence-electron chi connectivity index (χ4n) is 4.23. The zero-order chi connectivity index (χ0) is 23.5. The van der Waals surface area contributed by atoms with Gasteiger partial charge in [-0.3, -0.25) is 0 Å². The van der Waals surface area contributed by atoms with E-state index in [-0.39, 0.29) is 11.1 Å². The number of alkyl halides is 2. The second-order valence-corrected chi connectivity index (χ2v) is 8.02. The molecule has 0 saturated heterocycles. The normalized spacial score (nSPS) is 18.0. The molecule has 3 aromatic carbocycles. The number of terminal acetylenes is 1. The Morgan fingerprint density at radius 2 is 1.58 bits per heavy atom. The van der Waals surface area contributed by atoms with Gasteiger partial charge < -0.3 is 4.74 Å². The predicted molar refractivity (Wildman–Crippen MR) is 116 cm³/mol. The minimum absolute atomic E-state index is 0.0542. The van der Waals surface area contributed by atoms with Crippen molar-refractivity contribution in [1.29, 1.82) is 0 Å². The van der Waals surface area contributed by atoms with Crippen molar-refractivity contribution in [2.45, 2.75) is 38.2 Å². The van der Waals surface area contributed by atoms with Gasteiger partial charge in [0.05, 0.1) is 5.56 Å². The number of hydrogen-bond donors (Lipinski definition) is 0. The molecule has 0 aromatic heterocycles. The molecule has 0 heterocycles. The van der Waals surface area contributed by atoms with Crippen molar-refractivity contribution in [3.05, 3.63) is 76.6 Å². The molecule has 1 saturated carbocycles. The van der Waals surface area contributed by atoms with Crippen molar-refractivity contribution in [1.82, 2.24) is 0 Å². The highest BCUT2D eigenvalue weighted by Crippen LogP contribution is 2.37. The first-order valence-corrected chi connectivity index (χ1v) is 10.5. The Labute approximate surface area is 188 Å². The molecule has 0 bridgehead atoms. The summed E-state index contributed by atoms with van der Waals surface area (Å²) in [5, 5.41) is 1.13. The van der Waals surface area contributed by atoms with Crippen LogP contribution < -0.4 is 4.74 Å². The van der Waals surface area contributed by atoms with E-state index in [1.54, 1.807) is 12.1 Å². The molecule has 3 aromatic rings. The molecule has 1 fully saturated rings. The second kappa shape index (κ2) is 9.55. The average Bonchev–Trinajstić information content (AvgIpc) is 2.81. The van der Waals surface area contributed by atoms with Gasteiger partial charge >= 0.3 is 6.61 Å². The van der Waals surface area contributed by atoms with Crippen molar-refractivity contribution in [3.63, 3.8) is 0 Å². The maximum Gasteiger partial charge on any atom is 0.387 e. The molecule has 1 aliphatic rings. The van der Waals surface area contributed by atoms with Crippen LogP contribution in [-0.4, -0.2) is 6.61 Å². The monoisotopic (exact) mass is 454 g/mol. The number of fused-ring (bicyclic) bond motifs is 1. The molecular weight excluding hydrogens is 435 g/mol. The van der Waals surface area contributed by atoms with Crippen molar-refractivity contribution >= 4 is 10.8 Å². The van der Waals surface area contributed by atoms with E-state index in [1.807, 2.05) is 12.1 Å². The van der Waals surface area contributed by atoms with E-state index >= 15 is 4.39 Å². The molecule has 4 rings (SSSR count). The Balaban J connectivity index is 1.59. The van der Waals surface area contributed by atoms with E-state index in [2.05, 4.69) is 22.5 Å². The lowest BCUT2D eigenvalue weighted by Crippen LogP contribution is -2.11. The summed E-state index contributed by atoms with van der Waals surface area (Å²) in [6, 6.07) is 10.4. The lowest BCUT2D eigenvalue weighted by atomic mass is 9.78. The summed E-state index contributed by atoms with van der Waals surface area (Å²) in [5.74, 6) is 4.21. The number of halogens is 5. The summed E-state index contributed by atoms with van der Waals surface area (Å²) >= 11 is 0. The molecular formula is C27H19F5O. The highest BCUT2D eigenvalue weighted by Gasteiger charge is 2.21. The minimum atomic E-state index is -3.36. The van der Waals surface area contributed by atoms with Gasteiger partial charge in [0.25, 0.3) is 0 Å². The fraction of sp³-hybridized carbons (Fsp3) is 0.259. The maximum atomic E-state index is 15.0. The van der Waals surface area contributed by atoms with Gasteiger partial charge in [0.1, 0.15) is 5.82 Å². The van der Waals surface area contributed by atoms with Crippen LogP contribution >= 0.6 is 0 Å². The summed E-state index contributed by atoms with van der Waals surface area (Å²) in [4.78, 5) is 0. The van der Waals surface area contributed by atoms with Crippen LogP contribution in [0.15, 0.2) is 42.5 Å². The first kappa shape index (κ1) is 22.7. The zero-order valence-electron chi connectivity index (χ0n) is 17.5. The van der Waals surface area contributed by atoms with Gasteiger partial charge in [-0.2, -0.15) is 8.78 Å². The number of hydrogen-bond acceptors (Lipinski definition) is 1. The van der Waals surface area contributed by atoms with Crippen molar-refractivity contribution in [2.24, 2.45) is 5.92 Å². The van der Waals surface area contributed by atoms with E-state index < -0.39 is 29.8 Å². The van der Waals surface area contributed by atoms with Crippen LogP contribution in [0, 0.1) is 47.6 Å². The molecule has 1 nitrogen and oxygen atoms in total. The molecule has 0 unspecified atom stereocenters. The lowest BCUT2D eigenvalue weighted by molar-refractivity contribution is -0.0546. The van der Waals surface area contributed by atoms with Crippen LogP contribution in [-0.2, 0) is 0 Å². The summed E-state index contributed by atoms with van der Waals surface area (Å²) in [5.41, 5.74) is 1.07. The first-order valence-electron chi connectivity index (χ1n) is 10.5. The van der Waals surface area contributed by atoms with Gasteiger partial charge in [-0.05, 0) is 60.7 Å². The van der Waals surface area contributed by atoms with Crippen LogP contribution in [0.4, 0.5) is 22.0 Å². The summed E-state index contributed by atoms with van der Waals surface area (Å²) < 4.78 is 71.1. The second-order valence-electron chi connectivity index (χ2n) is 8.02. The van der Waals surface area contributed by atoms with E-state index in [1.165, 1.54) is 6.07 Å². The number of rotatable bonds is 3. The first-order chi connectivity index (χ1) is 15.9. The topological polar surface area (TPSA) is 9.23 Å². The molecule has 0 radical (unpaired) electrons. The molecule has 0 amide bonds. The highest BCUT2D eigenvalue weighted by atomic mass is 19.3. The third-order valence-corrected chi connectivity index (χ3v) is 5.96. The molecule has 0 N–H and O–H groups in total. The Morgan fingerprint density at radius 1 is 0.879 bits per heavy atom. The Morgan fingerprint density at radius 3 is 2.21 bits per heavy atom. The molecule has 0 aliphatic heterocycles. The summed E-state index contributed by atoms with van der Waals surface area (Å²) in [7, 11) is 0. The fourth-order valence-corrected chi connectivity index (χ4v) is 4.23. The molecule has 0 spiro atoms. The molecule has 6 heteroatoms. The van der Waals surface area contributed by atoms with Crippen LogP contribution in [0.5, 0.6) is 5.75 Å². The molecule has 33 heavy (non-hydrogen) atoms. The van der Waals surface area contributed by atoms with Crippen LogP contribution in [0.25, 0.3) is 10.8 Å². The number of benzene rings is 3. The van der Waals surface area contributed by atoms with Gasteiger partial charge in [-0.25, -0.2) is 13.2 Å². The lowest BCUT2D eigenvalue weighted by Gasteiger charge is -2.26. The average molecular weight is 454 g/mol. The minimum Gasteiger partial charge on any atom is -0.429 e. The van der Waals surface area contributed by atoms with Crippen molar-refractivity contribution in [2.75, 3.05) is 0 Å². The highest BCUT2D eigenvalue weighted by molar-refractivity contribution is 5.85.